The first-order valence-corrected chi connectivity index (χ1v) is 7.41. The number of rotatable bonds is 0. The Morgan fingerprint density at radius 1 is 0.895 bits per heavy atom. The molecule has 0 amide bonds. The Balaban J connectivity index is 1.65. The summed E-state index contributed by atoms with van der Waals surface area (Å²) in [7, 11) is 0. The second kappa shape index (κ2) is 4.62. The van der Waals surface area contributed by atoms with Crippen LogP contribution in [0.15, 0.2) is 0 Å². The maximum atomic E-state index is 12.7. The van der Waals surface area contributed by atoms with Crippen LogP contribution in [0, 0.1) is 5.92 Å². The predicted octanol–water partition coefficient (Wildman–Crippen LogP) is 3.41. The fourth-order valence-electron chi connectivity index (χ4n) is 4.10. The van der Waals surface area contributed by atoms with Crippen LogP contribution in [-0.4, -0.2) is 30.5 Å². The quantitative estimate of drug-likeness (QED) is 0.732. The highest BCUT2D eigenvalue weighted by Crippen LogP contribution is 2.47. The monoisotopic (exact) mass is 277 g/mol. The lowest BCUT2D eigenvalue weighted by Crippen LogP contribution is -2.60. The largest absolute Gasteiger partial charge is 0.391 e. The summed E-state index contributed by atoms with van der Waals surface area (Å²) in [5.74, 6) is -1.12. The molecule has 2 spiro atoms. The van der Waals surface area contributed by atoms with Crippen molar-refractivity contribution < 1.29 is 17.9 Å². The van der Waals surface area contributed by atoms with Gasteiger partial charge < -0.3 is 10.1 Å². The molecule has 2 saturated carbocycles. The number of ether oxygens (including phenoxy) is 1. The van der Waals surface area contributed by atoms with Gasteiger partial charge in [-0.05, 0) is 38.5 Å². The van der Waals surface area contributed by atoms with Crippen LogP contribution in [0.1, 0.15) is 51.4 Å². The molecule has 0 unspecified atom stereocenters. The third kappa shape index (κ3) is 2.64. The van der Waals surface area contributed by atoms with Crippen molar-refractivity contribution in [1.82, 2.24) is 5.32 Å². The van der Waals surface area contributed by atoms with E-state index in [2.05, 4.69) is 5.32 Å². The van der Waals surface area contributed by atoms with Gasteiger partial charge in [0.15, 0.2) is 0 Å². The van der Waals surface area contributed by atoms with Crippen LogP contribution in [0.25, 0.3) is 0 Å². The summed E-state index contributed by atoms with van der Waals surface area (Å²) in [6, 6.07) is 0. The lowest BCUT2D eigenvalue weighted by Gasteiger charge is -2.50. The number of hydrogen-bond donors (Lipinski definition) is 1. The van der Waals surface area contributed by atoms with E-state index >= 15 is 0 Å². The molecule has 1 saturated heterocycles. The van der Waals surface area contributed by atoms with Gasteiger partial charge in [-0.2, -0.15) is 13.2 Å². The van der Waals surface area contributed by atoms with Gasteiger partial charge in [0.1, 0.15) is 0 Å². The Morgan fingerprint density at radius 3 is 1.95 bits per heavy atom. The highest BCUT2D eigenvalue weighted by Gasteiger charge is 2.51. The van der Waals surface area contributed by atoms with Gasteiger partial charge >= 0.3 is 6.18 Å². The molecule has 2 aliphatic carbocycles. The van der Waals surface area contributed by atoms with Crippen molar-refractivity contribution in [3.8, 4) is 0 Å². The molecule has 0 aromatic heterocycles. The lowest BCUT2D eigenvalue weighted by molar-refractivity contribution is -0.223. The predicted molar refractivity (Wildman–Crippen MR) is 65.9 cm³/mol. The average Bonchev–Trinajstić information content (AvgIpc) is 2.76. The summed E-state index contributed by atoms with van der Waals surface area (Å²) in [5.41, 5.74) is -0.409. The van der Waals surface area contributed by atoms with E-state index in [1.165, 1.54) is 12.8 Å². The second-order valence-electron chi connectivity index (χ2n) is 6.59. The van der Waals surface area contributed by atoms with Gasteiger partial charge in [0.25, 0.3) is 0 Å². The zero-order valence-corrected chi connectivity index (χ0v) is 11.2. The van der Waals surface area contributed by atoms with E-state index in [0.717, 1.165) is 25.9 Å². The minimum atomic E-state index is -4.03. The minimum Gasteiger partial charge on any atom is -0.366 e. The molecule has 0 atom stereocenters. The van der Waals surface area contributed by atoms with Crippen molar-refractivity contribution in [3.63, 3.8) is 0 Å². The fourth-order valence-corrected chi connectivity index (χ4v) is 4.10. The summed E-state index contributed by atoms with van der Waals surface area (Å²) in [6.07, 6.45) is 2.00. The topological polar surface area (TPSA) is 21.3 Å². The molecule has 3 aliphatic rings. The van der Waals surface area contributed by atoms with Crippen molar-refractivity contribution in [1.29, 1.82) is 0 Å². The molecule has 0 aromatic carbocycles. The summed E-state index contributed by atoms with van der Waals surface area (Å²) < 4.78 is 44.6. The molecular weight excluding hydrogens is 255 g/mol. The molecule has 3 rings (SSSR count). The van der Waals surface area contributed by atoms with E-state index in [1.807, 2.05) is 0 Å². The van der Waals surface area contributed by atoms with Crippen molar-refractivity contribution in [3.05, 3.63) is 0 Å². The zero-order valence-electron chi connectivity index (χ0n) is 11.2. The first-order chi connectivity index (χ1) is 8.93. The van der Waals surface area contributed by atoms with Crippen LogP contribution in [0.2, 0.25) is 0 Å². The van der Waals surface area contributed by atoms with Gasteiger partial charge in [-0.15, -0.1) is 0 Å². The third-order valence-corrected chi connectivity index (χ3v) is 5.20. The smallest absolute Gasteiger partial charge is 0.366 e. The molecule has 1 N–H and O–H groups in total. The Hall–Kier alpha value is -0.290. The Kier molecular flexibility index (Phi) is 3.33. The minimum absolute atomic E-state index is 0.0800. The zero-order chi connectivity index (χ0) is 13.6. The molecule has 1 aliphatic heterocycles. The molecule has 110 valence electrons. The summed E-state index contributed by atoms with van der Waals surface area (Å²) in [4.78, 5) is 0. The molecule has 1 heterocycles. The van der Waals surface area contributed by atoms with Crippen LogP contribution < -0.4 is 5.32 Å². The summed E-state index contributed by atoms with van der Waals surface area (Å²) in [6.45, 7) is 1.59. The third-order valence-electron chi connectivity index (χ3n) is 5.20. The molecule has 0 aromatic rings. The van der Waals surface area contributed by atoms with E-state index in [9.17, 15) is 13.2 Å². The number of hydrogen-bond acceptors (Lipinski definition) is 2. The van der Waals surface area contributed by atoms with E-state index < -0.39 is 12.1 Å². The molecule has 0 radical (unpaired) electrons. The van der Waals surface area contributed by atoms with Gasteiger partial charge in [0.2, 0.25) is 0 Å². The molecule has 3 fully saturated rings. The number of halogens is 3. The van der Waals surface area contributed by atoms with Crippen LogP contribution >= 0.6 is 0 Å². The average molecular weight is 277 g/mol. The van der Waals surface area contributed by atoms with Gasteiger partial charge in [0.05, 0.1) is 17.1 Å². The van der Waals surface area contributed by atoms with Crippen molar-refractivity contribution in [2.75, 3.05) is 13.1 Å². The van der Waals surface area contributed by atoms with Crippen molar-refractivity contribution >= 4 is 0 Å². The highest BCUT2D eigenvalue weighted by atomic mass is 19.4. The van der Waals surface area contributed by atoms with Gasteiger partial charge in [0, 0.05) is 13.1 Å². The normalized spacial score (nSPS) is 39.0. The van der Waals surface area contributed by atoms with Crippen LogP contribution in [-0.2, 0) is 4.74 Å². The Morgan fingerprint density at radius 2 is 1.42 bits per heavy atom. The molecular formula is C14H22F3NO. The molecule has 5 heteroatoms. The maximum Gasteiger partial charge on any atom is 0.391 e. The SMILES string of the molecule is FC(F)(F)C1CCC2(CC1)CNCC1(CCCC1)O2. The fraction of sp³-hybridized carbons (Fsp3) is 1.00. The van der Waals surface area contributed by atoms with Gasteiger partial charge in [-0.1, -0.05) is 12.8 Å². The second-order valence-corrected chi connectivity index (χ2v) is 6.59. The van der Waals surface area contributed by atoms with E-state index in [1.54, 1.807) is 0 Å². The van der Waals surface area contributed by atoms with Crippen molar-refractivity contribution in [2.45, 2.75) is 68.7 Å². The highest BCUT2D eigenvalue weighted by molar-refractivity contribution is 5.01. The molecule has 19 heavy (non-hydrogen) atoms. The first-order valence-electron chi connectivity index (χ1n) is 7.41. The number of morpholine rings is 1. The van der Waals surface area contributed by atoms with E-state index in [0.29, 0.717) is 12.8 Å². The Bertz CT molecular complexity index is 328. The number of alkyl halides is 3. The van der Waals surface area contributed by atoms with E-state index in [4.69, 9.17) is 4.74 Å². The number of nitrogens with one attached hydrogen (secondary N) is 1. The summed E-state index contributed by atoms with van der Waals surface area (Å²) in [5, 5.41) is 3.43. The first kappa shape index (κ1) is 13.7. The van der Waals surface area contributed by atoms with Gasteiger partial charge in [-0.3, -0.25) is 0 Å². The van der Waals surface area contributed by atoms with Crippen LogP contribution in [0.4, 0.5) is 13.2 Å². The van der Waals surface area contributed by atoms with Crippen LogP contribution in [0.5, 0.6) is 0 Å². The van der Waals surface area contributed by atoms with Gasteiger partial charge in [-0.25, -0.2) is 0 Å². The lowest BCUT2D eigenvalue weighted by atomic mass is 9.76. The van der Waals surface area contributed by atoms with E-state index in [-0.39, 0.29) is 24.0 Å². The summed E-state index contributed by atoms with van der Waals surface area (Å²) >= 11 is 0. The van der Waals surface area contributed by atoms with Crippen LogP contribution in [0.3, 0.4) is 0 Å². The Labute approximate surface area is 112 Å². The standard InChI is InChI=1S/C14H22F3NO/c15-14(16,17)11-3-7-13(8-4-11)10-18-9-12(19-13)5-1-2-6-12/h11,18H,1-10H2. The molecule has 2 nitrogen and oxygen atoms in total. The maximum absolute atomic E-state index is 12.7. The van der Waals surface area contributed by atoms with Crippen molar-refractivity contribution in [2.24, 2.45) is 5.92 Å². The molecule has 0 bridgehead atoms.